The van der Waals surface area contributed by atoms with Crippen molar-refractivity contribution in [3.63, 3.8) is 0 Å². The summed E-state index contributed by atoms with van der Waals surface area (Å²) in [6, 6.07) is 7.86. The van der Waals surface area contributed by atoms with Crippen molar-refractivity contribution >= 4 is 35.0 Å². The zero-order chi connectivity index (χ0) is 22.6. The molecule has 1 aromatic heterocycles. The second-order valence-corrected chi connectivity index (χ2v) is 7.14. The Hall–Kier alpha value is -3.56. The summed E-state index contributed by atoms with van der Waals surface area (Å²) in [5.74, 6) is -3.74. The van der Waals surface area contributed by atoms with E-state index in [0.29, 0.717) is 11.3 Å². The number of carbonyl (C=O) groups is 3. The van der Waals surface area contributed by atoms with Crippen molar-refractivity contribution in [2.75, 3.05) is 30.8 Å². The molecule has 2 heterocycles. The number of pyridine rings is 1. The second-order valence-electron chi connectivity index (χ2n) is 7.14. The van der Waals surface area contributed by atoms with E-state index in [0.717, 1.165) is 0 Å². The number of nitrogens with one attached hydrogen (secondary N) is 2. The summed E-state index contributed by atoms with van der Waals surface area (Å²) in [5, 5.41) is 5.63. The van der Waals surface area contributed by atoms with Crippen LogP contribution in [0.1, 0.15) is 40.5 Å². The number of ether oxygens (including phenoxy) is 1. The van der Waals surface area contributed by atoms with Gasteiger partial charge in [0.05, 0.1) is 23.9 Å². The number of hydrogen-bond donors (Lipinski definition) is 2. The third-order valence-electron chi connectivity index (χ3n) is 4.80. The fourth-order valence-electron chi connectivity index (χ4n) is 3.13. The van der Waals surface area contributed by atoms with Gasteiger partial charge < -0.3 is 20.3 Å². The normalized spacial score (nSPS) is 15.2. The summed E-state index contributed by atoms with van der Waals surface area (Å²) in [6.45, 7) is 1.22. The molecule has 0 radical (unpaired) electrons. The van der Waals surface area contributed by atoms with Gasteiger partial charge in [-0.2, -0.15) is 0 Å². The maximum Gasteiger partial charge on any atom is 0.337 e. The Bertz CT molecular complexity index is 985. The van der Waals surface area contributed by atoms with Crippen molar-refractivity contribution in [2.45, 2.75) is 25.7 Å². The SMILES string of the molecule is COC(=O)c1ccc(Nc2ncc(C(=O)N3CCC(F)(F)CC3)cc2NC(C)=O)cc1. The molecule has 8 nitrogen and oxygen atoms in total. The summed E-state index contributed by atoms with van der Waals surface area (Å²) >= 11 is 0. The van der Waals surface area contributed by atoms with E-state index in [4.69, 9.17) is 0 Å². The summed E-state index contributed by atoms with van der Waals surface area (Å²) < 4.78 is 31.4. The largest absolute Gasteiger partial charge is 0.465 e. The van der Waals surface area contributed by atoms with Gasteiger partial charge in [-0.25, -0.2) is 18.6 Å². The predicted octanol–water partition coefficient (Wildman–Crippen LogP) is 3.44. The van der Waals surface area contributed by atoms with Gasteiger partial charge in [0, 0.05) is 44.7 Å². The Balaban J connectivity index is 1.80. The van der Waals surface area contributed by atoms with Crippen molar-refractivity contribution in [1.82, 2.24) is 9.88 Å². The van der Waals surface area contributed by atoms with Crippen LogP contribution in [0.25, 0.3) is 0 Å². The molecule has 0 unspecified atom stereocenters. The van der Waals surface area contributed by atoms with Crippen LogP contribution in [0.5, 0.6) is 0 Å². The molecule has 1 aliphatic rings. The number of aromatic nitrogens is 1. The Kier molecular flexibility index (Phi) is 6.47. The maximum atomic E-state index is 13.4. The number of hydrogen-bond acceptors (Lipinski definition) is 6. The van der Waals surface area contributed by atoms with Crippen molar-refractivity contribution in [1.29, 1.82) is 0 Å². The molecule has 2 aromatic rings. The molecule has 31 heavy (non-hydrogen) atoms. The smallest absolute Gasteiger partial charge is 0.337 e. The van der Waals surface area contributed by atoms with Crippen LogP contribution in [-0.2, 0) is 9.53 Å². The molecule has 2 N–H and O–H groups in total. The zero-order valence-electron chi connectivity index (χ0n) is 17.1. The van der Waals surface area contributed by atoms with E-state index in [9.17, 15) is 23.2 Å². The van der Waals surface area contributed by atoms with E-state index in [1.807, 2.05) is 0 Å². The number of piperidine rings is 1. The van der Waals surface area contributed by atoms with Gasteiger partial charge in [0.15, 0.2) is 5.82 Å². The number of carbonyl (C=O) groups excluding carboxylic acids is 3. The number of nitrogens with zero attached hydrogens (tertiary/aromatic N) is 2. The lowest BCUT2D eigenvalue weighted by atomic mass is 10.1. The van der Waals surface area contributed by atoms with Gasteiger partial charge in [-0.05, 0) is 30.3 Å². The van der Waals surface area contributed by atoms with Crippen LogP contribution in [-0.4, -0.2) is 53.8 Å². The average molecular weight is 432 g/mol. The molecule has 0 atom stereocenters. The van der Waals surface area contributed by atoms with Gasteiger partial charge in [-0.15, -0.1) is 0 Å². The van der Waals surface area contributed by atoms with Crippen molar-refractivity contribution in [2.24, 2.45) is 0 Å². The summed E-state index contributed by atoms with van der Waals surface area (Å²) in [6.07, 6.45) is 0.559. The van der Waals surface area contributed by atoms with E-state index in [2.05, 4.69) is 20.4 Å². The second kappa shape index (κ2) is 9.07. The average Bonchev–Trinajstić information content (AvgIpc) is 2.74. The molecule has 1 aromatic carbocycles. The fourth-order valence-corrected chi connectivity index (χ4v) is 3.13. The molecule has 2 amide bonds. The predicted molar refractivity (Wildman–Crippen MR) is 110 cm³/mol. The number of rotatable bonds is 5. The number of alkyl halides is 2. The van der Waals surface area contributed by atoms with Crippen LogP contribution in [0, 0.1) is 0 Å². The monoisotopic (exact) mass is 432 g/mol. The molecule has 0 aliphatic carbocycles. The molecule has 3 rings (SSSR count). The Morgan fingerprint density at radius 1 is 1.10 bits per heavy atom. The molecule has 1 aliphatic heterocycles. The minimum Gasteiger partial charge on any atom is -0.465 e. The highest BCUT2D eigenvalue weighted by Gasteiger charge is 2.36. The zero-order valence-corrected chi connectivity index (χ0v) is 17.1. The number of likely N-dealkylation sites (tertiary alicyclic amines) is 1. The maximum absolute atomic E-state index is 13.4. The third-order valence-corrected chi connectivity index (χ3v) is 4.80. The van der Waals surface area contributed by atoms with Crippen molar-refractivity contribution < 1.29 is 27.9 Å². The van der Waals surface area contributed by atoms with Gasteiger partial charge in [-0.3, -0.25) is 9.59 Å². The number of methoxy groups -OCH3 is 1. The van der Waals surface area contributed by atoms with Crippen molar-refractivity contribution in [3.05, 3.63) is 47.7 Å². The quantitative estimate of drug-likeness (QED) is 0.702. The number of esters is 1. The van der Waals surface area contributed by atoms with Crippen LogP contribution in [0.3, 0.4) is 0 Å². The molecule has 164 valence electrons. The van der Waals surface area contributed by atoms with E-state index < -0.39 is 17.8 Å². The van der Waals surface area contributed by atoms with Crippen LogP contribution < -0.4 is 10.6 Å². The van der Waals surface area contributed by atoms with E-state index in [1.165, 1.54) is 31.2 Å². The lowest BCUT2D eigenvalue weighted by molar-refractivity contribution is -0.114. The number of amides is 2. The van der Waals surface area contributed by atoms with E-state index in [1.54, 1.807) is 24.3 Å². The highest BCUT2D eigenvalue weighted by Crippen LogP contribution is 2.30. The molecule has 1 fully saturated rings. The first-order valence-corrected chi connectivity index (χ1v) is 9.59. The highest BCUT2D eigenvalue weighted by molar-refractivity contribution is 5.98. The molecule has 0 spiro atoms. The minimum atomic E-state index is -2.76. The van der Waals surface area contributed by atoms with Crippen LogP contribution in [0.2, 0.25) is 0 Å². The first-order valence-electron chi connectivity index (χ1n) is 9.59. The molecular formula is C21H22F2N4O4. The summed E-state index contributed by atoms with van der Waals surface area (Å²) in [7, 11) is 1.29. The number of benzene rings is 1. The topological polar surface area (TPSA) is 101 Å². The van der Waals surface area contributed by atoms with Crippen LogP contribution in [0.15, 0.2) is 36.5 Å². The molecule has 1 saturated heterocycles. The Morgan fingerprint density at radius 3 is 2.32 bits per heavy atom. The Morgan fingerprint density at radius 2 is 1.74 bits per heavy atom. The van der Waals surface area contributed by atoms with Crippen LogP contribution >= 0.6 is 0 Å². The fraction of sp³-hybridized carbons (Fsp3) is 0.333. The molecule has 0 bridgehead atoms. The first kappa shape index (κ1) is 22.1. The summed E-state index contributed by atoms with van der Waals surface area (Å²) in [4.78, 5) is 41.5. The van der Waals surface area contributed by atoms with Crippen LogP contribution in [0.4, 0.5) is 26.0 Å². The number of anilines is 3. The Labute approximate surface area is 177 Å². The van der Waals surface area contributed by atoms with E-state index >= 15 is 0 Å². The highest BCUT2D eigenvalue weighted by atomic mass is 19.3. The van der Waals surface area contributed by atoms with Gasteiger partial charge in [-0.1, -0.05) is 0 Å². The third kappa shape index (κ3) is 5.53. The van der Waals surface area contributed by atoms with Gasteiger partial charge >= 0.3 is 5.97 Å². The standard InChI is InChI=1S/C21H22F2N4O4/c1-13(28)25-17-11-15(19(29)27-9-7-21(22,23)8-10-27)12-24-18(17)26-16-5-3-14(4-6-16)20(30)31-2/h3-6,11-12H,7-10H2,1-2H3,(H,24,26)(H,25,28). The minimum absolute atomic E-state index is 0.0478. The van der Waals surface area contributed by atoms with E-state index in [-0.39, 0.29) is 48.9 Å². The number of halogens is 2. The van der Waals surface area contributed by atoms with Gasteiger partial charge in [0.1, 0.15) is 0 Å². The molecular weight excluding hydrogens is 410 g/mol. The van der Waals surface area contributed by atoms with Gasteiger partial charge in [0.25, 0.3) is 11.8 Å². The molecule has 10 heteroatoms. The van der Waals surface area contributed by atoms with Gasteiger partial charge in [0.2, 0.25) is 5.91 Å². The first-order chi connectivity index (χ1) is 14.7. The molecule has 0 saturated carbocycles. The van der Waals surface area contributed by atoms with Crippen molar-refractivity contribution in [3.8, 4) is 0 Å². The summed E-state index contributed by atoms with van der Waals surface area (Å²) in [5.41, 5.74) is 1.40. The lowest BCUT2D eigenvalue weighted by Crippen LogP contribution is -2.42. The lowest BCUT2D eigenvalue weighted by Gasteiger charge is -2.31.